The molecular formula is C26H31NO5. The van der Waals surface area contributed by atoms with Crippen LogP contribution in [0.2, 0.25) is 0 Å². The quantitative estimate of drug-likeness (QED) is 0.454. The molecule has 0 saturated heterocycles. The Morgan fingerprint density at radius 3 is 2.50 bits per heavy atom. The van der Waals surface area contributed by atoms with Gasteiger partial charge in [-0.15, -0.1) is 0 Å². The number of fused-ring (bicyclic) bond motifs is 1. The third-order valence-corrected chi connectivity index (χ3v) is 5.23. The number of ether oxygens (including phenoxy) is 3. The number of rotatable bonds is 8. The number of hydrogen-bond donors (Lipinski definition) is 1. The highest BCUT2D eigenvalue weighted by Gasteiger charge is 2.20. The fourth-order valence-corrected chi connectivity index (χ4v) is 3.77. The van der Waals surface area contributed by atoms with Crippen LogP contribution >= 0.6 is 0 Å². The van der Waals surface area contributed by atoms with Crippen molar-refractivity contribution in [2.45, 2.75) is 40.7 Å². The number of furan rings is 1. The van der Waals surface area contributed by atoms with Crippen molar-refractivity contribution in [2.75, 3.05) is 20.8 Å². The van der Waals surface area contributed by atoms with E-state index in [1.807, 2.05) is 58.9 Å². The second-order valence-electron chi connectivity index (χ2n) is 7.90. The van der Waals surface area contributed by atoms with Gasteiger partial charge in [0.25, 0.3) is 0 Å². The number of carbonyl (C=O) groups excluding carboxylic acids is 1. The Morgan fingerprint density at radius 1 is 1.16 bits per heavy atom. The normalized spacial score (nSPS) is 11.7. The van der Waals surface area contributed by atoms with Crippen molar-refractivity contribution in [2.24, 2.45) is 0 Å². The molecule has 0 aliphatic rings. The van der Waals surface area contributed by atoms with Crippen molar-refractivity contribution < 1.29 is 23.4 Å². The van der Waals surface area contributed by atoms with Gasteiger partial charge in [0.1, 0.15) is 11.3 Å². The zero-order valence-electron chi connectivity index (χ0n) is 19.8. The summed E-state index contributed by atoms with van der Waals surface area (Å²) >= 11 is 0. The Hall–Kier alpha value is -3.41. The van der Waals surface area contributed by atoms with E-state index < -0.39 is 0 Å². The lowest BCUT2D eigenvalue weighted by Gasteiger charge is -2.15. The zero-order chi connectivity index (χ0) is 23.4. The Kier molecular flexibility index (Phi) is 7.13. The molecule has 6 nitrogen and oxygen atoms in total. The van der Waals surface area contributed by atoms with Gasteiger partial charge in [0.2, 0.25) is 5.91 Å². The number of carbonyl (C=O) groups is 1. The molecule has 2 aromatic carbocycles. The molecule has 170 valence electrons. The Labute approximate surface area is 189 Å². The monoisotopic (exact) mass is 437 g/mol. The van der Waals surface area contributed by atoms with E-state index in [9.17, 15) is 4.79 Å². The predicted octanol–water partition coefficient (Wildman–Crippen LogP) is 5.75. The number of allylic oxidation sites excluding steroid dienone is 1. The molecule has 1 amide bonds. The summed E-state index contributed by atoms with van der Waals surface area (Å²) in [6.45, 7) is 10.2. The second kappa shape index (κ2) is 9.81. The number of benzene rings is 2. The SMILES string of the molecule is CCOc1c(/C(C)=C/C(=O)NC(C)C)cc2c(-c3ccc(OC)c(OC)c3)coc2c1C. The minimum atomic E-state index is -0.134. The summed E-state index contributed by atoms with van der Waals surface area (Å²) < 4.78 is 22.8. The van der Waals surface area contributed by atoms with Crippen LogP contribution in [0.15, 0.2) is 41.0 Å². The van der Waals surface area contributed by atoms with Crippen molar-refractivity contribution in [3.63, 3.8) is 0 Å². The fraction of sp³-hybridized carbons (Fsp3) is 0.346. The van der Waals surface area contributed by atoms with E-state index >= 15 is 0 Å². The van der Waals surface area contributed by atoms with E-state index in [2.05, 4.69) is 5.32 Å². The molecule has 0 bridgehead atoms. The highest BCUT2D eigenvalue weighted by Crippen LogP contribution is 2.42. The van der Waals surface area contributed by atoms with Gasteiger partial charge >= 0.3 is 0 Å². The average molecular weight is 438 g/mol. The molecule has 1 aromatic heterocycles. The maximum atomic E-state index is 12.4. The molecule has 0 spiro atoms. The van der Waals surface area contributed by atoms with E-state index in [1.165, 1.54) is 0 Å². The van der Waals surface area contributed by atoms with Crippen LogP contribution in [-0.4, -0.2) is 32.8 Å². The van der Waals surface area contributed by atoms with Gasteiger partial charge < -0.3 is 23.9 Å². The molecule has 0 atom stereocenters. The average Bonchev–Trinajstić information content (AvgIpc) is 3.18. The van der Waals surface area contributed by atoms with Crippen LogP contribution in [0.5, 0.6) is 17.2 Å². The van der Waals surface area contributed by atoms with E-state index in [4.69, 9.17) is 18.6 Å². The lowest BCUT2D eigenvalue weighted by atomic mass is 9.96. The van der Waals surface area contributed by atoms with Gasteiger partial charge in [-0.2, -0.15) is 0 Å². The Balaban J connectivity index is 2.20. The van der Waals surface area contributed by atoms with Crippen molar-refractivity contribution in [1.82, 2.24) is 5.32 Å². The molecule has 1 N–H and O–H groups in total. The van der Waals surface area contributed by atoms with Gasteiger partial charge in [0, 0.05) is 34.2 Å². The standard InChI is InChI=1S/C26H31NO5/c1-8-31-25-17(5)26-20(13-19(25)16(4)11-24(28)27-15(2)3)21(14-32-26)18-9-10-22(29-6)23(12-18)30-7/h9-15H,8H2,1-7H3,(H,27,28)/b16-11+. The summed E-state index contributed by atoms with van der Waals surface area (Å²) in [4.78, 5) is 12.4. The van der Waals surface area contributed by atoms with Crippen LogP contribution in [-0.2, 0) is 4.79 Å². The number of aryl methyl sites for hydroxylation is 1. The first-order valence-electron chi connectivity index (χ1n) is 10.7. The molecule has 32 heavy (non-hydrogen) atoms. The molecule has 0 radical (unpaired) electrons. The molecule has 1 heterocycles. The molecule has 3 aromatic rings. The van der Waals surface area contributed by atoms with E-state index in [1.54, 1.807) is 26.6 Å². The molecule has 0 fully saturated rings. The van der Waals surface area contributed by atoms with Crippen molar-refractivity contribution in [3.05, 3.63) is 47.7 Å². The summed E-state index contributed by atoms with van der Waals surface area (Å²) in [7, 11) is 3.22. The van der Waals surface area contributed by atoms with Crippen LogP contribution in [0.1, 0.15) is 38.8 Å². The lowest BCUT2D eigenvalue weighted by molar-refractivity contribution is -0.116. The van der Waals surface area contributed by atoms with E-state index in [-0.39, 0.29) is 11.9 Å². The zero-order valence-corrected chi connectivity index (χ0v) is 19.8. The first-order chi connectivity index (χ1) is 15.3. The fourth-order valence-electron chi connectivity index (χ4n) is 3.77. The van der Waals surface area contributed by atoms with Crippen LogP contribution in [0.3, 0.4) is 0 Å². The smallest absolute Gasteiger partial charge is 0.244 e. The minimum Gasteiger partial charge on any atom is -0.493 e. The summed E-state index contributed by atoms with van der Waals surface area (Å²) in [5, 5.41) is 3.84. The molecule has 0 saturated carbocycles. The summed E-state index contributed by atoms with van der Waals surface area (Å²) in [6, 6.07) is 7.85. The minimum absolute atomic E-state index is 0.0626. The second-order valence-corrected chi connectivity index (χ2v) is 7.90. The van der Waals surface area contributed by atoms with Crippen molar-refractivity contribution >= 4 is 22.4 Å². The van der Waals surface area contributed by atoms with Gasteiger partial charge in [0.05, 0.1) is 27.1 Å². The number of hydrogen-bond acceptors (Lipinski definition) is 5. The molecule has 3 rings (SSSR count). The Bertz CT molecular complexity index is 1160. The maximum Gasteiger partial charge on any atom is 0.244 e. The third-order valence-electron chi connectivity index (χ3n) is 5.23. The van der Waals surface area contributed by atoms with Crippen molar-refractivity contribution in [3.8, 4) is 28.4 Å². The number of methoxy groups -OCH3 is 2. The number of nitrogens with one attached hydrogen (secondary N) is 1. The highest BCUT2D eigenvalue weighted by molar-refractivity contribution is 6.01. The highest BCUT2D eigenvalue weighted by atomic mass is 16.5. The Morgan fingerprint density at radius 2 is 1.88 bits per heavy atom. The summed E-state index contributed by atoms with van der Waals surface area (Å²) in [5.41, 5.74) is 5.18. The van der Waals surface area contributed by atoms with Crippen LogP contribution in [0.25, 0.3) is 27.7 Å². The van der Waals surface area contributed by atoms with E-state index in [0.717, 1.165) is 44.5 Å². The van der Waals surface area contributed by atoms with Gasteiger partial charge in [-0.1, -0.05) is 6.07 Å². The topological polar surface area (TPSA) is 69.9 Å². The van der Waals surface area contributed by atoms with Gasteiger partial charge in [-0.25, -0.2) is 0 Å². The largest absolute Gasteiger partial charge is 0.493 e. The van der Waals surface area contributed by atoms with Crippen LogP contribution in [0, 0.1) is 6.92 Å². The predicted molar refractivity (Wildman–Crippen MR) is 128 cm³/mol. The van der Waals surface area contributed by atoms with Crippen LogP contribution in [0.4, 0.5) is 0 Å². The molecular weight excluding hydrogens is 406 g/mol. The first kappa shape index (κ1) is 23.3. The van der Waals surface area contributed by atoms with Gasteiger partial charge in [-0.3, -0.25) is 4.79 Å². The maximum absolute atomic E-state index is 12.4. The van der Waals surface area contributed by atoms with Gasteiger partial charge in [-0.05, 0) is 64.0 Å². The molecule has 0 aliphatic heterocycles. The third kappa shape index (κ3) is 4.59. The first-order valence-corrected chi connectivity index (χ1v) is 10.7. The number of amides is 1. The van der Waals surface area contributed by atoms with Crippen LogP contribution < -0.4 is 19.5 Å². The summed E-state index contributed by atoms with van der Waals surface area (Å²) in [6.07, 6.45) is 3.35. The molecule has 6 heteroatoms. The van der Waals surface area contributed by atoms with Crippen molar-refractivity contribution in [1.29, 1.82) is 0 Å². The molecule has 0 aliphatic carbocycles. The lowest BCUT2D eigenvalue weighted by Crippen LogP contribution is -2.28. The van der Waals surface area contributed by atoms with E-state index in [0.29, 0.717) is 18.1 Å². The van der Waals surface area contributed by atoms with Gasteiger partial charge in [0.15, 0.2) is 11.5 Å². The molecule has 0 unspecified atom stereocenters. The summed E-state index contributed by atoms with van der Waals surface area (Å²) in [5.74, 6) is 1.89.